The van der Waals surface area contributed by atoms with Gasteiger partial charge >= 0.3 is 0 Å². The van der Waals surface area contributed by atoms with Crippen LogP contribution >= 0.6 is 11.6 Å². The molecule has 0 unspecified atom stereocenters. The van der Waals surface area contributed by atoms with Gasteiger partial charge in [0.05, 0.1) is 7.11 Å². The fraction of sp³-hybridized carbons (Fsp3) is 0.231. The molecule has 5 heteroatoms. The maximum absolute atomic E-state index is 6.00. The molecular weight excluding hydrogens is 250 g/mol. The predicted octanol–water partition coefficient (Wildman–Crippen LogP) is 2.78. The fourth-order valence-corrected chi connectivity index (χ4v) is 1.90. The van der Waals surface area contributed by atoms with Crippen LogP contribution in [0.15, 0.2) is 36.7 Å². The highest BCUT2D eigenvalue weighted by atomic mass is 35.5. The van der Waals surface area contributed by atoms with Gasteiger partial charge in [0.25, 0.3) is 0 Å². The molecule has 94 valence electrons. The van der Waals surface area contributed by atoms with Crippen LogP contribution in [0, 0.1) is 0 Å². The molecule has 0 fully saturated rings. The molecule has 2 aromatic rings. The number of halogens is 1. The van der Waals surface area contributed by atoms with Crippen molar-refractivity contribution >= 4 is 17.4 Å². The Morgan fingerprint density at radius 2 is 1.83 bits per heavy atom. The first-order valence-electron chi connectivity index (χ1n) is 5.51. The van der Waals surface area contributed by atoms with Gasteiger partial charge in [-0.15, -0.1) is 0 Å². The van der Waals surface area contributed by atoms with Crippen molar-refractivity contribution in [3.8, 4) is 5.75 Å². The van der Waals surface area contributed by atoms with Gasteiger partial charge in [-0.05, 0) is 17.7 Å². The van der Waals surface area contributed by atoms with Crippen molar-refractivity contribution in [3.63, 3.8) is 0 Å². The molecule has 0 spiro atoms. The molecule has 4 nitrogen and oxygen atoms in total. The van der Waals surface area contributed by atoms with Crippen molar-refractivity contribution in [3.05, 3.63) is 47.4 Å². The van der Waals surface area contributed by atoms with Crippen LogP contribution in [0.2, 0.25) is 5.15 Å². The van der Waals surface area contributed by atoms with Gasteiger partial charge in [0.1, 0.15) is 5.75 Å². The van der Waals surface area contributed by atoms with E-state index >= 15 is 0 Å². The minimum atomic E-state index is 0.411. The number of rotatable bonds is 4. The van der Waals surface area contributed by atoms with E-state index in [-0.39, 0.29) is 0 Å². The molecule has 1 aromatic heterocycles. The van der Waals surface area contributed by atoms with Gasteiger partial charge in [-0.25, -0.2) is 9.97 Å². The van der Waals surface area contributed by atoms with E-state index in [1.165, 1.54) is 0 Å². The van der Waals surface area contributed by atoms with E-state index in [9.17, 15) is 0 Å². The lowest BCUT2D eigenvalue weighted by molar-refractivity contribution is 0.414. The normalized spacial score (nSPS) is 10.2. The van der Waals surface area contributed by atoms with E-state index in [2.05, 4.69) is 9.97 Å². The molecule has 0 saturated heterocycles. The molecule has 1 heterocycles. The summed E-state index contributed by atoms with van der Waals surface area (Å²) >= 11 is 6.00. The quantitative estimate of drug-likeness (QED) is 0.850. The van der Waals surface area contributed by atoms with Crippen LogP contribution in [0.25, 0.3) is 0 Å². The van der Waals surface area contributed by atoms with Gasteiger partial charge in [0.15, 0.2) is 11.0 Å². The average Bonchev–Trinajstić information content (AvgIpc) is 2.40. The summed E-state index contributed by atoms with van der Waals surface area (Å²) in [6, 6.07) is 7.89. The van der Waals surface area contributed by atoms with E-state index in [0.29, 0.717) is 17.5 Å². The Labute approximate surface area is 111 Å². The van der Waals surface area contributed by atoms with Gasteiger partial charge in [-0.1, -0.05) is 23.7 Å². The summed E-state index contributed by atoms with van der Waals surface area (Å²) in [5.41, 5.74) is 1.15. The molecule has 0 aliphatic carbocycles. The topological polar surface area (TPSA) is 38.2 Å². The second kappa shape index (κ2) is 5.69. The molecule has 0 amide bonds. The smallest absolute Gasteiger partial charge is 0.171 e. The number of hydrogen-bond donors (Lipinski definition) is 0. The molecule has 0 aliphatic rings. The Balaban J connectivity index is 2.11. The van der Waals surface area contributed by atoms with Gasteiger partial charge in [-0.2, -0.15) is 0 Å². The number of ether oxygens (including phenoxy) is 1. The van der Waals surface area contributed by atoms with Crippen LogP contribution in [0.3, 0.4) is 0 Å². The van der Waals surface area contributed by atoms with Crippen molar-refractivity contribution < 1.29 is 4.74 Å². The van der Waals surface area contributed by atoms with Crippen LogP contribution in [0.4, 0.5) is 5.82 Å². The third kappa shape index (κ3) is 2.90. The molecule has 0 bridgehead atoms. The molecule has 18 heavy (non-hydrogen) atoms. The first-order chi connectivity index (χ1) is 8.70. The first kappa shape index (κ1) is 12.6. The Morgan fingerprint density at radius 3 is 2.44 bits per heavy atom. The minimum Gasteiger partial charge on any atom is -0.497 e. The Kier molecular flexibility index (Phi) is 3.99. The summed E-state index contributed by atoms with van der Waals surface area (Å²) in [5.74, 6) is 1.52. The van der Waals surface area contributed by atoms with Gasteiger partial charge in [0.2, 0.25) is 0 Å². The molecule has 0 aliphatic heterocycles. The third-order valence-electron chi connectivity index (χ3n) is 2.58. The Morgan fingerprint density at radius 1 is 1.17 bits per heavy atom. The van der Waals surface area contributed by atoms with E-state index in [1.807, 2.05) is 36.2 Å². The Bertz CT molecular complexity index is 516. The predicted molar refractivity (Wildman–Crippen MR) is 72.1 cm³/mol. The van der Waals surface area contributed by atoms with Crippen molar-refractivity contribution in [1.82, 2.24) is 9.97 Å². The minimum absolute atomic E-state index is 0.411. The van der Waals surface area contributed by atoms with Crippen LogP contribution in [-0.4, -0.2) is 24.1 Å². The van der Waals surface area contributed by atoms with Crippen molar-refractivity contribution in [2.45, 2.75) is 6.54 Å². The van der Waals surface area contributed by atoms with Crippen molar-refractivity contribution in [2.75, 3.05) is 19.1 Å². The molecular formula is C13H14ClN3O. The summed E-state index contributed by atoms with van der Waals surface area (Å²) in [7, 11) is 3.58. The molecule has 0 saturated carbocycles. The highest BCUT2D eigenvalue weighted by Crippen LogP contribution is 2.21. The molecule has 2 rings (SSSR count). The van der Waals surface area contributed by atoms with Crippen LogP contribution in [-0.2, 0) is 6.54 Å². The van der Waals surface area contributed by atoms with Gasteiger partial charge in [0, 0.05) is 26.0 Å². The highest BCUT2D eigenvalue weighted by Gasteiger charge is 2.08. The van der Waals surface area contributed by atoms with Crippen LogP contribution in [0.1, 0.15) is 5.56 Å². The molecule has 0 radical (unpaired) electrons. The fourth-order valence-electron chi connectivity index (χ4n) is 1.65. The molecule has 0 atom stereocenters. The van der Waals surface area contributed by atoms with E-state index in [4.69, 9.17) is 16.3 Å². The summed E-state index contributed by atoms with van der Waals surface area (Å²) in [6.45, 7) is 0.711. The SMILES string of the molecule is COc1ccc(CN(C)c2nccnc2Cl)cc1. The standard InChI is InChI=1S/C13H14ClN3O/c1-17(13-12(14)15-7-8-16-13)9-10-3-5-11(18-2)6-4-10/h3-8H,9H2,1-2H3. The third-order valence-corrected chi connectivity index (χ3v) is 2.84. The average molecular weight is 264 g/mol. The first-order valence-corrected chi connectivity index (χ1v) is 5.89. The zero-order valence-electron chi connectivity index (χ0n) is 10.3. The number of anilines is 1. The van der Waals surface area contributed by atoms with E-state index < -0.39 is 0 Å². The summed E-state index contributed by atoms with van der Waals surface area (Å²) in [6.07, 6.45) is 3.21. The maximum Gasteiger partial charge on any atom is 0.171 e. The summed E-state index contributed by atoms with van der Waals surface area (Å²) in [5, 5.41) is 0.411. The monoisotopic (exact) mass is 263 g/mol. The number of benzene rings is 1. The highest BCUT2D eigenvalue weighted by molar-refractivity contribution is 6.31. The lowest BCUT2D eigenvalue weighted by atomic mass is 10.2. The van der Waals surface area contributed by atoms with Crippen molar-refractivity contribution in [2.24, 2.45) is 0 Å². The van der Waals surface area contributed by atoms with Gasteiger partial charge < -0.3 is 9.64 Å². The second-order valence-corrected chi connectivity index (χ2v) is 4.23. The second-order valence-electron chi connectivity index (χ2n) is 3.87. The Hall–Kier alpha value is -1.81. The van der Waals surface area contributed by atoms with Crippen molar-refractivity contribution in [1.29, 1.82) is 0 Å². The lowest BCUT2D eigenvalue weighted by Crippen LogP contribution is -2.18. The summed E-state index contributed by atoms with van der Waals surface area (Å²) < 4.78 is 5.12. The largest absolute Gasteiger partial charge is 0.497 e. The zero-order chi connectivity index (χ0) is 13.0. The van der Waals surface area contributed by atoms with Crippen LogP contribution in [0.5, 0.6) is 5.75 Å². The maximum atomic E-state index is 6.00. The van der Waals surface area contributed by atoms with E-state index in [0.717, 1.165) is 11.3 Å². The molecule has 0 N–H and O–H groups in total. The number of hydrogen-bond acceptors (Lipinski definition) is 4. The zero-order valence-corrected chi connectivity index (χ0v) is 11.1. The summed E-state index contributed by atoms with van der Waals surface area (Å²) in [4.78, 5) is 10.2. The number of aromatic nitrogens is 2. The number of nitrogens with zero attached hydrogens (tertiary/aromatic N) is 3. The van der Waals surface area contributed by atoms with Gasteiger partial charge in [-0.3, -0.25) is 0 Å². The lowest BCUT2D eigenvalue weighted by Gasteiger charge is -2.18. The molecule has 1 aromatic carbocycles. The number of methoxy groups -OCH3 is 1. The van der Waals surface area contributed by atoms with E-state index in [1.54, 1.807) is 19.5 Å². The van der Waals surface area contributed by atoms with Crippen LogP contribution < -0.4 is 9.64 Å².